The third kappa shape index (κ3) is 3.49. The topological polar surface area (TPSA) is 3.24 Å². The van der Waals surface area contributed by atoms with E-state index in [9.17, 15) is 0 Å². The second-order valence-electron chi connectivity index (χ2n) is 5.51. The van der Waals surface area contributed by atoms with Crippen LogP contribution in [-0.2, 0) is 0 Å². The Balaban J connectivity index is 2.78. The molecule has 0 bridgehead atoms. The molecule has 1 nitrogen and oxygen atoms in total. The second kappa shape index (κ2) is 6.09. The lowest BCUT2D eigenvalue weighted by Gasteiger charge is -2.36. The lowest BCUT2D eigenvalue weighted by atomic mass is 9.86. The van der Waals surface area contributed by atoms with Gasteiger partial charge in [-0.2, -0.15) is 0 Å². The van der Waals surface area contributed by atoms with Gasteiger partial charge in [0.2, 0.25) is 0 Å². The van der Waals surface area contributed by atoms with Crippen LogP contribution in [0.1, 0.15) is 46.5 Å². The van der Waals surface area contributed by atoms with Gasteiger partial charge in [-0.3, -0.25) is 0 Å². The van der Waals surface area contributed by atoms with Crippen molar-refractivity contribution in [2.75, 3.05) is 7.05 Å². The first-order chi connectivity index (χ1) is 7.97. The van der Waals surface area contributed by atoms with Crippen molar-refractivity contribution in [3.05, 3.63) is 36.1 Å². The molecule has 1 rings (SSSR count). The monoisotopic (exact) mass is 233 g/mol. The summed E-state index contributed by atoms with van der Waals surface area (Å²) < 4.78 is 0. The first-order valence-electron chi connectivity index (χ1n) is 6.69. The van der Waals surface area contributed by atoms with E-state index in [1.54, 1.807) is 0 Å². The smallest absolute Gasteiger partial charge is 0.0283 e. The number of allylic oxidation sites excluding steroid dienone is 4. The van der Waals surface area contributed by atoms with E-state index in [4.69, 9.17) is 0 Å². The van der Waals surface area contributed by atoms with Crippen LogP contribution in [0.5, 0.6) is 0 Å². The predicted molar refractivity (Wildman–Crippen MR) is 76.9 cm³/mol. The van der Waals surface area contributed by atoms with E-state index in [2.05, 4.69) is 45.9 Å². The van der Waals surface area contributed by atoms with Gasteiger partial charge in [-0.25, -0.2) is 0 Å². The lowest BCUT2D eigenvalue weighted by molar-refractivity contribution is 0.206. The molecule has 1 heteroatoms. The number of nitrogens with zero attached hydrogens (tertiary/aromatic N) is 1. The third-order valence-corrected chi connectivity index (χ3v) is 4.12. The molecule has 17 heavy (non-hydrogen) atoms. The molecular formula is C16H27N. The molecule has 1 fully saturated rings. The molecule has 0 saturated heterocycles. The average Bonchev–Trinajstić information content (AvgIpc) is 2.29. The van der Waals surface area contributed by atoms with Crippen molar-refractivity contribution in [2.45, 2.75) is 52.5 Å². The van der Waals surface area contributed by atoms with Gasteiger partial charge in [0, 0.05) is 18.8 Å². The first kappa shape index (κ1) is 14.1. The Hall–Kier alpha value is -0.980. The van der Waals surface area contributed by atoms with E-state index in [-0.39, 0.29) is 0 Å². The zero-order valence-electron chi connectivity index (χ0n) is 11.9. The van der Waals surface area contributed by atoms with Gasteiger partial charge in [-0.1, -0.05) is 26.2 Å². The molecule has 0 aromatic heterocycles. The van der Waals surface area contributed by atoms with Crippen LogP contribution in [-0.4, -0.2) is 18.0 Å². The summed E-state index contributed by atoms with van der Waals surface area (Å²) in [5.41, 5.74) is 3.62. The van der Waals surface area contributed by atoms with Gasteiger partial charge in [0.25, 0.3) is 0 Å². The van der Waals surface area contributed by atoms with Crippen molar-refractivity contribution in [2.24, 2.45) is 5.92 Å². The van der Waals surface area contributed by atoms with E-state index < -0.39 is 0 Å². The molecule has 0 aliphatic heterocycles. The Morgan fingerprint density at radius 1 is 1.18 bits per heavy atom. The second-order valence-corrected chi connectivity index (χ2v) is 5.51. The van der Waals surface area contributed by atoms with Gasteiger partial charge in [-0.15, -0.1) is 0 Å². The molecule has 1 aliphatic rings. The Bertz CT molecular complexity index is 316. The van der Waals surface area contributed by atoms with Crippen LogP contribution in [0.15, 0.2) is 36.1 Å². The predicted octanol–water partition coefficient (Wildman–Crippen LogP) is 4.53. The molecule has 0 radical (unpaired) electrons. The van der Waals surface area contributed by atoms with Gasteiger partial charge >= 0.3 is 0 Å². The summed E-state index contributed by atoms with van der Waals surface area (Å²) in [6.45, 7) is 14.5. The fourth-order valence-corrected chi connectivity index (χ4v) is 2.72. The van der Waals surface area contributed by atoms with Crippen LogP contribution in [0.2, 0.25) is 0 Å². The quantitative estimate of drug-likeness (QED) is 0.645. The van der Waals surface area contributed by atoms with Gasteiger partial charge in [0.1, 0.15) is 0 Å². The summed E-state index contributed by atoms with van der Waals surface area (Å²) in [6.07, 6.45) is 7.28. The zero-order valence-corrected chi connectivity index (χ0v) is 11.9. The molecular weight excluding hydrogens is 206 g/mol. The van der Waals surface area contributed by atoms with Crippen LogP contribution in [0.4, 0.5) is 0 Å². The van der Waals surface area contributed by atoms with Crippen LogP contribution < -0.4 is 0 Å². The summed E-state index contributed by atoms with van der Waals surface area (Å²) in [7, 11) is 2.21. The molecule has 0 unspecified atom stereocenters. The molecule has 0 heterocycles. The van der Waals surface area contributed by atoms with E-state index in [1.165, 1.54) is 37.0 Å². The standard InChI is InChI=1S/C16H27N/c1-7-16(12(2)3)14(5)17(6)15-10-8-13(4)9-11-15/h7,13,15H,1-2,8-11H2,3-6H3/b16-14+. The summed E-state index contributed by atoms with van der Waals surface area (Å²) in [5, 5.41) is 0. The number of hydrogen-bond acceptors (Lipinski definition) is 1. The largest absolute Gasteiger partial charge is 0.375 e. The molecule has 0 aromatic carbocycles. The fraction of sp³-hybridized carbons (Fsp3) is 0.625. The Morgan fingerprint density at radius 2 is 1.71 bits per heavy atom. The van der Waals surface area contributed by atoms with Crippen LogP contribution in [0, 0.1) is 5.92 Å². The van der Waals surface area contributed by atoms with Gasteiger partial charge in [0.05, 0.1) is 0 Å². The van der Waals surface area contributed by atoms with E-state index in [0.717, 1.165) is 11.5 Å². The first-order valence-corrected chi connectivity index (χ1v) is 6.69. The summed E-state index contributed by atoms with van der Waals surface area (Å²) in [4.78, 5) is 2.43. The molecule has 0 N–H and O–H groups in total. The fourth-order valence-electron chi connectivity index (χ4n) is 2.72. The molecule has 0 aromatic rings. The summed E-state index contributed by atoms with van der Waals surface area (Å²) in [5.74, 6) is 0.906. The maximum Gasteiger partial charge on any atom is 0.0283 e. The third-order valence-electron chi connectivity index (χ3n) is 4.12. The van der Waals surface area contributed by atoms with Crippen LogP contribution >= 0.6 is 0 Å². The minimum atomic E-state index is 0.695. The molecule has 96 valence electrons. The molecule has 1 saturated carbocycles. The van der Waals surface area contributed by atoms with Crippen molar-refractivity contribution < 1.29 is 0 Å². The Kier molecular flexibility index (Phi) is 5.04. The minimum absolute atomic E-state index is 0.695. The normalized spacial score (nSPS) is 26.1. The van der Waals surface area contributed by atoms with E-state index in [1.807, 2.05) is 6.08 Å². The van der Waals surface area contributed by atoms with Crippen LogP contribution in [0.25, 0.3) is 0 Å². The number of hydrogen-bond donors (Lipinski definition) is 0. The molecule has 0 atom stereocenters. The highest BCUT2D eigenvalue weighted by Gasteiger charge is 2.22. The minimum Gasteiger partial charge on any atom is -0.375 e. The Labute approximate surface area is 107 Å². The van der Waals surface area contributed by atoms with Crippen molar-refractivity contribution in [3.8, 4) is 0 Å². The SMILES string of the molecule is C=C/C(C(=C)C)=C(/C)N(C)C1CCC(C)CC1. The van der Waals surface area contributed by atoms with Gasteiger partial charge in [-0.05, 0) is 56.6 Å². The maximum atomic E-state index is 4.03. The molecule has 0 amide bonds. The highest BCUT2D eigenvalue weighted by Crippen LogP contribution is 2.29. The number of rotatable bonds is 4. The van der Waals surface area contributed by atoms with Crippen LogP contribution in [0.3, 0.4) is 0 Å². The maximum absolute atomic E-state index is 4.03. The van der Waals surface area contributed by atoms with E-state index >= 15 is 0 Å². The van der Waals surface area contributed by atoms with Gasteiger partial charge < -0.3 is 4.90 Å². The molecule has 0 spiro atoms. The Morgan fingerprint density at radius 3 is 2.12 bits per heavy atom. The molecule has 1 aliphatic carbocycles. The van der Waals surface area contributed by atoms with Crippen molar-refractivity contribution >= 4 is 0 Å². The van der Waals surface area contributed by atoms with Crippen molar-refractivity contribution in [1.29, 1.82) is 0 Å². The average molecular weight is 233 g/mol. The van der Waals surface area contributed by atoms with Crippen molar-refractivity contribution in [3.63, 3.8) is 0 Å². The summed E-state index contributed by atoms with van der Waals surface area (Å²) >= 11 is 0. The van der Waals surface area contributed by atoms with Crippen molar-refractivity contribution in [1.82, 2.24) is 4.90 Å². The summed E-state index contributed by atoms with van der Waals surface area (Å²) in [6, 6.07) is 0.695. The van der Waals surface area contributed by atoms with Gasteiger partial charge in [0.15, 0.2) is 0 Å². The highest BCUT2D eigenvalue weighted by atomic mass is 15.1. The highest BCUT2D eigenvalue weighted by molar-refractivity contribution is 5.38. The van der Waals surface area contributed by atoms with E-state index in [0.29, 0.717) is 6.04 Å². The lowest BCUT2D eigenvalue weighted by Crippen LogP contribution is -2.34. The zero-order chi connectivity index (χ0) is 13.0.